The average molecular weight is 373 g/mol. The molecule has 0 spiro atoms. The van der Waals surface area contributed by atoms with Crippen molar-refractivity contribution in [1.82, 2.24) is 5.32 Å². The van der Waals surface area contributed by atoms with E-state index < -0.39 is 10.8 Å². The number of carbonyl (C=O) groups excluding carboxylic acids is 1. The van der Waals surface area contributed by atoms with Crippen molar-refractivity contribution < 1.29 is 19.2 Å². The van der Waals surface area contributed by atoms with E-state index in [0.29, 0.717) is 17.2 Å². The van der Waals surface area contributed by atoms with Gasteiger partial charge in [-0.1, -0.05) is 0 Å². The normalized spacial score (nSPS) is 11.4. The smallest absolute Gasteiger partial charge is 0.270 e. The molecule has 0 saturated carbocycles. The molecule has 1 unspecified atom stereocenters. The molecule has 2 aromatic rings. The number of nitrogens with zero attached hydrogens (tertiary/aromatic N) is 1. The molecule has 8 heteroatoms. The highest BCUT2D eigenvalue weighted by atomic mass is 16.6. The summed E-state index contributed by atoms with van der Waals surface area (Å²) >= 11 is 0. The van der Waals surface area contributed by atoms with Crippen LogP contribution in [0, 0.1) is 17.0 Å². The van der Waals surface area contributed by atoms with Crippen LogP contribution in [0.15, 0.2) is 30.3 Å². The van der Waals surface area contributed by atoms with Crippen molar-refractivity contribution in [3.63, 3.8) is 0 Å². The summed E-state index contributed by atoms with van der Waals surface area (Å²) in [7, 11) is 4.62. The lowest BCUT2D eigenvalue weighted by Gasteiger charge is -2.21. The Kier molecular flexibility index (Phi) is 6.23. The van der Waals surface area contributed by atoms with Crippen molar-refractivity contribution in [3.05, 3.63) is 57.1 Å². The number of benzene rings is 2. The minimum atomic E-state index is -0.530. The number of hydrogen-bond donors (Lipinski definition) is 2. The molecule has 144 valence electrons. The Hall–Kier alpha value is -3.29. The predicted octanol–water partition coefficient (Wildman–Crippen LogP) is 3.45. The number of aryl methyl sites for hydroxylation is 1. The van der Waals surface area contributed by atoms with Crippen LogP contribution in [0.4, 0.5) is 11.4 Å². The molecule has 2 N–H and O–H groups in total. The third-order valence-corrected chi connectivity index (χ3v) is 4.30. The van der Waals surface area contributed by atoms with Gasteiger partial charge in [-0.05, 0) is 43.2 Å². The minimum Gasteiger partial charge on any atom is -0.493 e. The standard InChI is InChI=1S/C19H23N3O5/c1-11-8-17(26-4)18(27-5)10-14(11)12(2)21-16-7-6-13(22(24)25)9-15(16)19(23)20-3/h6-10,12,21H,1-5H3,(H,20,23). The number of hydrogen-bond acceptors (Lipinski definition) is 6. The summed E-state index contributed by atoms with van der Waals surface area (Å²) in [4.78, 5) is 22.7. The lowest BCUT2D eigenvalue weighted by atomic mass is 10.0. The molecule has 0 heterocycles. The maximum absolute atomic E-state index is 12.2. The highest BCUT2D eigenvalue weighted by Gasteiger charge is 2.19. The van der Waals surface area contributed by atoms with Crippen molar-refractivity contribution >= 4 is 17.3 Å². The number of methoxy groups -OCH3 is 2. The fraction of sp³-hybridized carbons (Fsp3) is 0.316. The quantitative estimate of drug-likeness (QED) is 0.569. The number of nitro groups is 1. The summed E-state index contributed by atoms with van der Waals surface area (Å²) in [6.07, 6.45) is 0. The molecule has 0 saturated heterocycles. The van der Waals surface area contributed by atoms with Crippen LogP contribution >= 0.6 is 0 Å². The van der Waals surface area contributed by atoms with Crippen molar-refractivity contribution in [2.75, 3.05) is 26.6 Å². The largest absolute Gasteiger partial charge is 0.493 e. The van der Waals surface area contributed by atoms with Gasteiger partial charge in [0.1, 0.15) is 0 Å². The molecule has 8 nitrogen and oxygen atoms in total. The lowest BCUT2D eigenvalue weighted by Crippen LogP contribution is -2.20. The summed E-state index contributed by atoms with van der Waals surface area (Å²) in [6.45, 7) is 3.88. The second-order valence-electron chi connectivity index (χ2n) is 6.00. The predicted molar refractivity (Wildman–Crippen MR) is 103 cm³/mol. The maximum Gasteiger partial charge on any atom is 0.270 e. The minimum absolute atomic E-state index is 0.144. The zero-order valence-electron chi connectivity index (χ0n) is 16.0. The van der Waals surface area contributed by atoms with Gasteiger partial charge in [-0.15, -0.1) is 0 Å². The second kappa shape index (κ2) is 8.39. The third-order valence-electron chi connectivity index (χ3n) is 4.30. The molecule has 0 fully saturated rings. The van der Waals surface area contributed by atoms with Crippen LogP contribution in [-0.2, 0) is 0 Å². The van der Waals surface area contributed by atoms with Crippen LogP contribution in [0.5, 0.6) is 11.5 Å². The molecule has 2 aromatic carbocycles. The summed E-state index contributed by atoms with van der Waals surface area (Å²) in [5.41, 5.74) is 2.50. The molecular weight excluding hydrogens is 350 g/mol. The molecule has 27 heavy (non-hydrogen) atoms. The number of ether oxygens (including phenoxy) is 2. The van der Waals surface area contributed by atoms with Gasteiger partial charge < -0.3 is 20.1 Å². The van der Waals surface area contributed by atoms with E-state index in [1.54, 1.807) is 14.2 Å². The molecule has 1 atom stereocenters. The first kappa shape index (κ1) is 20.0. The monoisotopic (exact) mass is 373 g/mol. The second-order valence-corrected chi connectivity index (χ2v) is 6.00. The zero-order valence-corrected chi connectivity index (χ0v) is 16.0. The lowest BCUT2D eigenvalue weighted by molar-refractivity contribution is -0.384. The Bertz CT molecular complexity index is 867. The van der Waals surface area contributed by atoms with E-state index in [1.807, 2.05) is 26.0 Å². The molecule has 0 aliphatic rings. The molecule has 1 amide bonds. The van der Waals surface area contributed by atoms with Crippen LogP contribution < -0.4 is 20.1 Å². The highest BCUT2D eigenvalue weighted by Crippen LogP contribution is 2.34. The summed E-state index contributed by atoms with van der Waals surface area (Å²) in [5.74, 6) is 0.826. The van der Waals surface area contributed by atoms with Gasteiger partial charge in [0.25, 0.3) is 11.6 Å². The third kappa shape index (κ3) is 4.28. The molecular formula is C19H23N3O5. The van der Waals surface area contributed by atoms with E-state index in [0.717, 1.165) is 11.1 Å². The number of nitrogens with one attached hydrogen (secondary N) is 2. The first-order valence-electron chi connectivity index (χ1n) is 8.32. The van der Waals surface area contributed by atoms with E-state index in [1.165, 1.54) is 25.2 Å². The van der Waals surface area contributed by atoms with Crippen LogP contribution in [-0.4, -0.2) is 32.1 Å². The van der Waals surface area contributed by atoms with Crippen LogP contribution in [0.1, 0.15) is 34.5 Å². The van der Waals surface area contributed by atoms with E-state index in [2.05, 4.69) is 10.6 Å². The Morgan fingerprint density at radius 1 is 1.15 bits per heavy atom. The van der Waals surface area contributed by atoms with Crippen LogP contribution in [0.3, 0.4) is 0 Å². The van der Waals surface area contributed by atoms with Gasteiger partial charge in [0.15, 0.2) is 11.5 Å². The maximum atomic E-state index is 12.2. The Labute approximate surface area is 157 Å². The van der Waals surface area contributed by atoms with Crippen molar-refractivity contribution in [2.45, 2.75) is 19.9 Å². The fourth-order valence-corrected chi connectivity index (χ4v) is 2.87. The topological polar surface area (TPSA) is 103 Å². The van der Waals surface area contributed by atoms with Gasteiger partial charge in [0.2, 0.25) is 0 Å². The van der Waals surface area contributed by atoms with E-state index in [-0.39, 0.29) is 17.3 Å². The van der Waals surface area contributed by atoms with Crippen molar-refractivity contribution in [3.8, 4) is 11.5 Å². The van der Waals surface area contributed by atoms with Gasteiger partial charge in [0, 0.05) is 30.9 Å². The number of amides is 1. The van der Waals surface area contributed by atoms with Gasteiger partial charge in [-0.25, -0.2) is 0 Å². The van der Waals surface area contributed by atoms with Crippen molar-refractivity contribution in [2.24, 2.45) is 0 Å². The number of rotatable bonds is 7. The number of nitro benzene ring substituents is 1. The number of non-ortho nitro benzene ring substituents is 1. The summed E-state index contributed by atoms with van der Waals surface area (Å²) < 4.78 is 10.7. The Morgan fingerprint density at radius 3 is 2.33 bits per heavy atom. The average Bonchev–Trinajstić information content (AvgIpc) is 2.66. The SMILES string of the molecule is CNC(=O)c1cc([N+](=O)[O-])ccc1NC(C)c1cc(OC)c(OC)cc1C. The zero-order chi connectivity index (χ0) is 20.1. The first-order chi connectivity index (χ1) is 12.8. The van der Waals surface area contributed by atoms with Gasteiger partial charge in [-0.2, -0.15) is 0 Å². The number of anilines is 1. The number of carbonyl (C=O) groups is 1. The molecule has 0 radical (unpaired) electrons. The Balaban J connectivity index is 2.42. The molecule has 0 aromatic heterocycles. The molecule has 0 aliphatic carbocycles. The van der Waals surface area contributed by atoms with E-state index in [4.69, 9.17) is 9.47 Å². The van der Waals surface area contributed by atoms with Gasteiger partial charge in [0.05, 0.1) is 24.7 Å². The summed E-state index contributed by atoms with van der Waals surface area (Å²) in [6, 6.07) is 7.72. The molecule has 2 rings (SSSR count). The van der Waals surface area contributed by atoms with Gasteiger partial charge in [-0.3, -0.25) is 14.9 Å². The molecule has 0 bridgehead atoms. The van der Waals surface area contributed by atoms with Crippen LogP contribution in [0.2, 0.25) is 0 Å². The van der Waals surface area contributed by atoms with Crippen molar-refractivity contribution in [1.29, 1.82) is 0 Å². The fourth-order valence-electron chi connectivity index (χ4n) is 2.87. The highest BCUT2D eigenvalue weighted by molar-refractivity contribution is 6.00. The molecule has 0 aliphatic heterocycles. The first-order valence-corrected chi connectivity index (χ1v) is 8.32. The van der Waals surface area contributed by atoms with Gasteiger partial charge >= 0.3 is 0 Å². The van der Waals surface area contributed by atoms with E-state index >= 15 is 0 Å². The Morgan fingerprint density at radius 2 is 1.78 bits per heavy atom. The summed E-state index contributed by atoms with van der Waals surface area (Å²) in [5, 5.41) is 16.8. The van der Waals surface area contributed by atoms with E-state index in [9.17, 15) is 14.9 Å². The van der Waals surface area contributed by atoms with Crippen LogP contribution in [0.25, 0.3) is 0 Å².